The SMILES string of the molecule is COc1cc(/C=c2/sc3n(c2=O)C(c2cccs2)C(C(=O)Nc2ccccc2)=C(C)N=3)ccc1OC(F)F. The second-order valence-electron chi connectivity index (χ2n) is 8.21. The first-order chi connectivity index (χ1) is 18.4. The van der Waals surface area contributed by atoms with Gasteiger partial charge in [-0.1, -0.05) is 41.7 Å². The van der Waals surface area contributed by atoms with Crippen molar-refractivity contribution in [1.82, 2.24) is 4.57 Å². The number of methoxy groups -OCH3 is 1. The van der Waals surface area contributed by atoms with E-state index in [0.29, 0.717) is 31.9 Å². The minimum absolute atomic E-state index is 0.108. The maximum absolute atomic E-state index is 13.7. The highest BCUT2D eigenvalue weighted by atomic mass is 32.1. The van der Waals surface area contributed by atoms with E-state index in [1.165, 1.54) is 46.5 Å². The molecule has 4 aromatic rings. The third-order valence-corrected chi connectivity index (χ3v) is 7.72. The van der Waals surface area contributed by atoms with Crippen LogP contribution in [0.15, 0.2) is 87.1 Å². The largest absolute Gasteiger partial charge is 0.493 e. The molecule has 0 saturated carbocycles. The molecule has 0 spiro atoms. The number of fused-ring (bicyclic) bond motifs is 1. The van der Waals surface area contributed by atoms with Crippen LogP contribution >= 0.6 is 22.7 Å². The van der Waals surface area contributed by atoms with Crippen molar-refractivity contribution in [2.45, 2.75) is 19.6 Å². The van der Waals surface area contributed by atoms with Gasteiger partial charge in [0.2, 0.25) is 0 Å². The summed E-state index contributed by atoms with van der Waals surface area (Å²) in [7, 11) is 1.34. The Morgan fingerprint density at radius 3 is 2.61 bits per heavy atom. The van der Waals surface area contributed by atoms with Crippen molar-refractivity contribution < 1.29 is 23.0 Å². The molecule has 2 aromatic heterocycles. The Balaban J connectivity index is 1.60. The van der Waals surface area contributed by atoms with E-state index in [1.807, 2.05) is 35.7 Å². The average Bonchev–Trinajstić information content (AvgIpc) is 3.53. The van der Waals surface area contributed by atoms with Crippen molar-refractivity contribution in [1.29, 1.82) is 0 Å². The molecule has 0 saturated heterocycles. The summed E-state index contributed by atoms with van der Waals surface area (Å²) in [6.45, 7) is -1.24. The van der Waals surface area contributed by atoms with Gasteiger partial charge in [-0.3, -0.25) is 14.2 Å². The van der Waals surface area contributed by atoms with Gasteiger partial charge in [0, 0.05) is 10.6 Å². The summed E-state index contributed by atoms with van der Waals surface area (Å²) >= 11 is 2.63. The van der Waals surface area contributed by atoms with Crippen molar-refractivity contribution in [3.63, 3.8) is 0 Å². The summed E-state index contributed by atoms with van der Waals surface area (Å²) in [6.07, 6.45) is 1.63. The summed E-state index contributed by atoms with van der Waals surface area (Å²) in [5.74, 6) is -0.341. The molecular formula is C27H21F2N3O4S2. The number of thiazole rings is 1. The first-order valence-electron chi connectivity index (χ1n) is 11.4. The number of allylic oxidation sites excluding steroid dienone is 1. The second-order valence-corrected chi connectivity index (χ2v) is 10.2. The van der Waals surface area contributed by atoms with Crippen LogP contribution < -0.4 is 29.7 Å². The number of hydrogen-bond donors (Lipinski definition) is 1. The number of amides is 1. The van der Waals surface area contributed by atoms with Crippen molar-refractivity contribution in [3.05, 3.63) is 107 Å². The topological polar surface area (TPSA) is 81.9 Å². The summed E-state index contributed by atoms with van der Waals surface area (Å²) in [5, 5.41) is 4.80. The lowest BCUT2D eigenvalue weighted by Crippen LogP contribution is -2.40. The van der Waals surface area contributed by atoms with E-state index in [9.17, 15) is 18.4 Å². The highest BCUT2D eigenvalue weighted by Gasteiger charge is 2.33. The fraction of sp³-hybridized carbons (Fsp3) is 0.148. The molecule has 194 valence electrons. The summed E-state index contributed by atoms with van der Waals surface area (Å²) in [5.41, 5.74) is 1.76. The maximum atomic E-state index is 13.7. The zero-order valence-electron chi connectivity index (χ0n) is 20.2. The minimum Gasteiger partial charge on any atom is -0.493 e. The molecule has 7 nitrogen and oxygen atoms in total. The van der Waals surface area contributed by atoms with Gasteiger partial charge in [0.15, 0.2) is 16.3 Å². The molecule has 5 rings (SSSR count). The van der Waals surface area contributed by atoms with Crippen LogP contribution in [-0.2, 0) is 4.79 Å². The third kappa shape index (κ3) is 5.02. The predicted molar refractivity (Wildman–Crippen MR) is 143 cm³/mol. The number of hydrogen-bond acceptors (Lipinski definition) is 7. The number of thiophene rings is 1. The number of carbonyl (C=O) groups is 1. The van der Waals surface area contributed by atoms with Crippen LogP contribution in [-0.4, -0.2) is 24.2 Å². The van der Waals surface area contributed by atoms with Crippen LogP contribution in [0.25, 0.3) is 6.08 Å². The normalized spacial score (nSPS) is 15.3. The molecule has 1 N–H and O–H groups in total. The van der Waals surface area contributed by atoms with Crippen molar-refractivity contribution in [2.24, 2.45) is 4.99 Å². The molecule has 0 radical (unpaired) electrons. The monoisotopic (exact) mass is 553 g/mol. The minimum atomic E-state index is -2.99. The molecule has 2 aromatic carbocycles. The number of rotatable bonds is 7. The van der Waals surface area contributed by atoms with Crippen LogP contribution in [0.1, 0.15) is 23.4 Å². The fourth-order valence-corrected chi connectivity index (χ4v) is 6.04. The van der Waals surface area contributed by atoms with Crippen LogP contribution in [0.4, 0.5) is 14.5 Å². The smallest absolute Gasteiger partial charge is 0.387 e. The number of alkyl halides is 2. The summed E-state index contributed by atoms with van der Waals surface area (Å²) in [4.78, 5) is 33.0. The van der Waals surface area contributed by atoms with Crippen LogP contribution in [0.3, 0.4) is 0 Å². The van der Waals surface area contributed by atoms with Crippen molar-refractivity contribution in [3.8, 4) is 11.5 Å². The standard InChI is InChI=1S/C27H21F2N3O4S2/c1-15-22(24(33)31-17-7-4-3-5-8-17)23(20-9-6-12-37-20)32-25(34)21(38-27(32)30-15)14-16-10-11-18(36-26(28)29)19(13-16)35-2/h3-14,23,26H,1-2H3,(H,31,33)/b21-14+. The van der Waals surface area contributed by atoms with Crippen molar-refractivity contribution in [2.75, 3.05) is 12.4 Å². The van der Waals surface area contributed by atoms with Crippen molar-refractivity contribution >= 4 is 40.3 Å². The Kier molecular flexibility index (Phi) is 7.21. The highest BCUT2D eigenvalue weighted by Crippen LogP contribution is 2.33. The Morgan fingerprint density at radius 1 is 1.13 bits per heavy atom. The maximum Gasteiger partial charge on any atom is 0.387 e. The Hall–Kier alpha value is -4.09. The molecule has 1 amide bonds. The van der Waals surface area contributed by atoms with Gasteiger partial charge in [-0.2, -0.15) is 8.78 Å². The number of ether oxygens (including phenoxy) is 2. The Labute approximate surface area is 223 Å². The molecule has 0 bridgehead atoms. The van der Waals surface area contributed by atoms with E-state index in [-0.39, 0.29) is 23.0 Å². The molecule has 3 heterocycles. The predicted octanol–water partition coefficient (Wildman–Crippen LogP) is 4.55. The average molecular weight is 554 g/mol. The van der Waals surface area contributed by atoms with Gasteiger partial charge in [-0.15, -0.1) is 11.3 Å². The van der Waals surface area contributed by atoms with E-state index in [1.54, 1.807) is 31.2 Å². The van der Waals surface area contributed by atoms with Gasteiger partial charge in [0.05, 0.1) is 22.9 Å². The highest BCUT2D eigenvalue weighted by molar-refractivity contribution is 7.10. The Bertz CT molecular complexity index is 1690. The van der Waals surface area contributed by atoms with Crippen LogP contribution in [0.5, 0.6) is 11.5 Å². The molecule has 1 aliphatic rings. The first kappa shape index (κ1) is 25.6. The van der Waals surface area contributed by atoms with Gasteiger partial charge in [-0.05, 0) is 54.3 Å². The number of carbonyl (C=O) groups excluding carboxylic acids is 1. The number of para-hydroxylation sites is 1. The summed E-state index contributed by atoms with van der Waals surface area (Å²) in [6, 6.07) is 16.6. The molecular weight excluding hydrogens is 532 g/mol. The molecule has 11 heteroatoms. The van der Waals surface area contributed by atoms with E-state index in [0.717, 1.165) is 4.88 Å². The van der Waals surface area contributed by atoms with Crippen LogP contribution in [0, 0.1) is 0 Å². The third-order valence-electron chi connectivity index (χ3n) is 5.81. The van der Waals surface area contributed by atoms with Gasteiger partial charge >= 0.3 is 6.61 Å². The van der Waals surface area contributed by atoms with E-state index in [2.05, 4.69) is 15.0 Å². The fourth-order valence-electron chi connectivity index (χ4n) is 4.17. The molecule has 1 unspecified atom stereocenters. The molecule has 0 aliphatic carbocycles. The number of halogens is 2. The van der Waals surface area contributed by atoms with Gasteiger partial charge < -0.3 is 14.8 Å². The summed E-state index contributed by atoms with van der Waals surface area (Å²) < 4.78 is 36.9. The lowest BCUT2D eigenvalue weighted by Gasteiger charge is -2.24. The quantitative estimate of drug-likeness (QED) is 0.364. The van der Waals surface area contributed by atoms with Gasteiger partial charge in [0.1, 0.15) is 6.04 Å². The number of nitrogens with zero attached hydrogens (tertiary/aromatic N) is 2. The van der Waals surface area contributed by atoms with Gasteiger partial charge in [0.25, 0.3) is 11.5 Å². The molecule has 1 aliphatic heterocycles. The first-order valence-corrected chi connectivity index (χ1v) is 13.1. The Morgan fingerprint density at radius 2 is 1.92 bits per heavy atom. The number of aromatic nitrogens is 1. The molecule has 0 fully saturated rings. The molecule has 1 atom stereocenters. The number of benzene rings is 2. The van der Waals surface area contributed by atoms with Crippen LogP contribution in [0.2, 0.25) is 0 Å². The van der Waals surface area contributed by atoms with E-state index >= 15 is 0 Å². The van der Waals surface area contributed by atoms with E-state index < -0.39 is 12.7 Å². The number of anilines is 1. The van der Waals surface area contributed by atoms with E-state index in [4.69, 9.17) is 4.74 Å². The van der Waals surface area contributed by atoms with Gasteiger partial charge in [-0.25, -0.2) is 4.99 Å². The lowest BCUT2D eigenvalue weighted by molar-refractivity contribution is -0.113. The lowest BCUT2D eigenvalue weighted by atomic mass is 10.0. The zero-order valence-corrected chi connectivity index (χ0v) is 21.8. The number of nitrogens with one attached hydrogen (secondary N) is 1. The second kappa shape index (κ2) is 10.7. The molecule has 38 heavy (non-hydrogen) atoms. The zero-order chi connectivity index (χ0) is 26.8.